The first kappa shape index (κ1) is 19.6. The third-order valence-corrected chi connectivity index (χ3v) is 6.63. The van der Waals surface area contributed by atoms with Gasteiger partial charge in [-0.15, -0.1) is 11.3 Å². The van der Waals surface area contributed by atoms with Gasteiger partial charge in [-0.1, -0.05) is 0 Å². The van der Waals surface area contributed by atoms with Crippen LogP contribution in [0.3, 0.4) is 0 Å². The van der Waals surface area contributed by atoms with Gasteiger partial charge in [-0.05, 0) is 52.2 Å². The lowest BCUT2D eigenvalue weighted by Crippen LogP contribution is -2.26. The zero-order valence-electron chi connectivity index (χ0n) is 16.9. The van der Waals surface area contributed by atoms with E-state index in [0.717, 1.165) is 34.7 Å². The molecule has 8 heteroatoms. The summed E-state index contributed by atoms with van der Waals surface area (Å²) in [5.41, 5.74) is 3.17. The number of thiophene rings is 1. The van der Waals surface area contributed by atoms with E-state index in [0.29, 0.717) is 21.8 Å². The highest BCUT2D eigenvalue weighted by Crippen LogP contribution is 2.38. The van der Waals surface area contributed by atoms with E-state index in [1.165, 1.54) is 22.2 Å². The lowest BCUT2D eigenvalue weighted by atomic mass is 10.1. The Morgan fingerprint density at radius 2 is 1.97 bits per heavy atom. The molecule has 3 heterocycles. The van der Waals surface area contributed by atoms with Crippen LogP contribution in [0, 0.1) is 27.7 Å². The maximum atomic E-state index is 12.7. The van der Waals surface area contributed by atoms with Crippen LogP contribution in [0.2, 0.25) is 0 Å². The fourth-order valence-corrected chi connectivity index (χ4v) is 4.73. The van der Waals surface area contributed by atoms with Crippen molar-refractivity contribution >= 4 is 33.3 Å². The second kappa shape index (κ2) is 7.26. The number of fused-ring (bicyclic) bond motifs is 1. The van der Waals surface area contributed by atoms with E-state index in [2.05, 4.69) is 9.55 Å². The highest BCUT2D eigenvalue weighted by atomic mass is 32.1. The number of hydrogen-bond acceptors (Lipinski definition) is 6. The summed E-state index contributed by atoms with van der Waals surface area (Å²) in [5.74, 6) is -0.870. The number of ether oxygens (including phenoxy) is 1. The highest BCUT2D eigenvalue weighted by Gasteiger charge is 2.28. The molecule has 1 fully saturated rings. The van der Waals surface area contributed by atoms with Crippen LogP contribution >= 0.6 is 11.3 Å². The van der Waals surface area contributed by atoms with Crippen LogP contribution in [0.5, 0.6) is 0 Å². The quantitative estimate of drug-likeness (QED) is 0.458. The molecule has 3 aromatic heterocycles. The minimum Gasteiger partial charge on any atom is -0.456 e. The van der Waals surface area contributed by atoms with E-state index < -0.39 is 5.97 Å². The number of carbonyl (C=O) groups excluding carboxylic acids is 2. The molecular formula is C21H23N3O4S. The van der Waals surface area contributed by atoms with Gasteiger partial charge in [0.1, 0.15) is 11.4 Å². The van der Waals surface area contributed by atoms with E-state index in [1.807, 2.05) is 33.8 Å². The molecule has 29 heavy (non-hydrogen) atoms. The zero-order valence-corrected chi connectivity index (χ0v) is 17.8. The zero-order chi connectivity index (χ0) is 20.9. The van der Waals surface area contributed by atoms with Crippen molar-refractivity contribution in [2.24, 2.45) is 0 Å². The van der Waals surface area contributed by atoms with Crippen LogP contribution < -0.4 is 5.56 Å². The summed E-state index contributed by atoms with van der Waals surface area (Å²) in [6, 6.07) is 2.34. The third kappa shape index (κ3) is 3.53. The van der Waals surface area contributed by atoms with Crippen molar-refractivity contribution in [1.29, 1.82) is 0 Å². The van der Waals surface area contributed by atoms with Gasteiger partial charge in [-0.3, -0.25) is 19.0 Å². The van der Waals surface area contributed by atoms with Crippen LogP contribution in [0.1, 0.15) is 51.1 Å². The number of hydrogen-bond donors (Lipinski definition) is 0. The highest BCUT2D eigenvalue weighted by molar-refractivity contribution is 7.18. The van der Waals surface area contributed by atoms with Crippen molar-refractivity contribution in [3.05, 3.63) is 50.1 Å². The standard InChI is InChI=1S/C21H23N3O4S/c1-11-7-16(13(3)24(11)15-5-6-15)17(25)9-28-18(26)8-23-10-22-20-19(21(23)27)12(2)14(4)29-20/h7,10,15H,5-6,8-9H2,1-4H3. The van der Waals surface area contributed by atoms with Gasteiger partial charge in [0.2, 0.25) is 5.78 Å². The molecule has 7 nitrogen and oxygen atoms in total. The van der Waals surface area contributed by atoms with Crippen molar-refractivity contribution in [1.82, 2.24) is 14.1 Å². The van der Waals surface area contributed by atoms with Crippen LogP contribution in [-0.4, -0.2) is 32.5 Å². The average Bonchev–Trinajstić information content (AvgIpc) is 3.40. The number of rotatable bonds is 6. The number of carbonyl (C=O) groups is 2. The fraction of sp³-hybridized carbons (Fsp3) is 0.429. The lowest BCUT2D eigenvalue weighted by molar-refractivity contribution is -0.143. The number of aryl methyl sites for hydroxylation is 3. The van der Waals surface area contributed by atoms with Gasteiger partial charge in [-0.25, -0.2) is 4.98 Å². The van der Waals surface area contributed by atoms with Gasteiger partial charge < -0.3 is 9.30 Å². The van der Waals surface area contributed by atoms with Crippen LogP contribution in [0.4, 0.5) is 0 Å². The predicted octanol–water partition coefficient (Wildman–Crippen LogP) is 3.25. The molecule has 1 aliphatic carbocycles. The van der Waals surface area contributed by atoms with Gasteiger partial charge in [-0.2, -0.15) is 0 Å². The molecule has 0 atom stereocenters. The summed E-state index contributed by atoms with van der Waals surface area (Å²) >= 11 is 1.46. The summed E-state index contributed by atoms with van der Waals surface area (Å²) in [7, 11) is 0. The number of aromatic nitrogens is 3. The minimum atomic E-state index is -0.637. The minimum absolute atomic E-state index is 0.233. The first-order chi connectivity index (χ1) is 13.8. The molecule has 152 valence electrons. The van der Waals surface area contributed by atoms with Gasteiger partial charge in [0.05, 0.1) is 11.7 Å². The molecule has 4 rings (SSSR count). The Labute approximate surface area is 171 Å². The molecule has 0 bridgehead atoms. The fourth-order valence-electron chi connectivity index (χ4n) is 3.75. The molecule has 0 unspecified atom stereocenters. The van der Waals surface area contributed by atoms with Gasteiger partial charge in [0.25, 0.3) is 5.56 Å². The van der Waals surface area contributed by atoms with Gasteiger partial charge in [0, 0.05) is 27.9 Å². The molecular weight excluding hydrogens is 390 g/mol. The second-order valence-electron chi connectivity index (χ2n) is 7.61. The summed E-state index contributed by atoms with van der Waals surface area (Å²) < 4.78 is 8.57. The monoisotopic (exact) mass is 413 g/mol. The van der Waals surface area contributed by atoms with E-state index in [9.17, 15) is 14.4 Å². The van der Waals surface area contributed by atoms with Crippen LogP contribution in [0.15, 0.2) is 17.2 Å². The Morgan fingerprint density at radius 3 is 2.66 bits per heavy atom. The number of Topliss-reactive ketones (excluding diaryl/α,β-unsaturated/α-hetero) is 1. The largest absolute Gasteiger partial charge is 0.456 e. The third-order valence-electron chi connectivity index (χ3n) is 5.52. The normalized spacial score (nSPS) is 13.8. The Bertz CT molecular complexity index is 1200. The Balaban J connectivity index is 1.44. The summed E-state index contributed by atoms with van der Waals surface area (Å²) in [5, 5.41) is 0.534. The summed E-state index contributed by atoms with van der Waals surface area (Å²) in [6.45, 7) is 7.10. The maximum Gasteiger partial charge on any atom is 0.326 e. The SMILES string of the molecule is Cc1sc2ncn(CC(=O)OCC(=O)c3cc(C)n(C4CC4)c3C)c(=O)c2c1C. The predicted molar refractivity (Wildman–Crippen MR) is 111 cm³/mol. The average molecular weight is 413 g/mol. The van der Waals surface area contributed by atoms with Gasteiger partial charge in [0.15, 0.2) is 6.61 Å². The summed E-state index contributed by atoms with van der Waals surface area (Å²) in [4.78, 5) is 43.4. The molecule has 1 saturated carbocycles. The first-order valence-corrected chi connectivity index (χ1v) is 10.4. The van der Waals surface area contributed by atoms with Crippen LogP contribution in [0.25, 0.3) is 10.2 Å². The molecule has 0 N–H and O–H groups in total. The van der Waals surface area contributed by atoms with Crippen molar-refractivity contribution in [3.63, 3.8) is 0 Å². The van der Waals surface area contributed by atoms with E-state index >= 15 is 0 Å². The van der Waals surface area contributed by atoms with Crippen molar-refractivity contribution < 1.29 is 14.3 Å². The number of ketones is 1. The summed E-state index contributed by atoms with van der Waals surface area (Å²) in [6.07, 6.45) is 3.62. The Kier molecular flexibility index (Phi) is 4.90. The molecule has 0 saturated heterocycles. The Hall–Kier alpha value is -2.74. The van der Waals surface area contributed by atoms with Gasteiger partial charge >= 0.3 is 5.97 Å². The second-order valence-corrected chi connectivity index (χ2v) is 8.81. The van der Waals surface area contributed by atoms with E-state index in [4.69, 9.17) is 4.74 Å². The molecule has 0 aromatic carbocycles. The van der Waals surface area contributed by atoms with E-state index in [1.54, 1.807) is 0 Å². The lowest BCUT2D eigenvalue weighted by Gasteiger charge is -2.08. The maximum absolute atomic E-state index is 12.7. The van der Waals surface area contributed by atoms with E-state index in [-0.39, 0.29) is 24.5 Å². The molecule has 0 aliphatic heterocycles. The molecule has 3 aromatic rings. The molecule has 1 aliphatic rings. The van der Waals surface area contributed by atoms with Crippen molar-refractivity contribution in [2.45, 2.75) is 53.1 Å². The number of esters is 1. The first-order valence-electron chi connectivity index (χ1n) is 9.60. The van der Waals surface area contributed by atoms with Crippen LogP contribution in [-0.2, 0) is 16.1 Å². The Morgan fingerprint density at radius 1 is 1.24 bits per heavy atom. The molecule has 0 spiro atoms. The number of nitrogens with zero attached hydrogens (tertiary/aromatic N) is 3. The van der Waals surface area contributed by atoms with Crippen molar-refractivity contribution in [2.75, 3.05) is 6.61 Å². The van der Waals surface area contributed by atoms with Crippen molar-refractivity contribution in [3.8, 4) is 0 Å². The smallest absolute Gasteiger partial charge is 0.326 e. The topological polar surface area (TPSA) is 83.2 Å². The molecule has 0 radical (unpaired) electrons. The molecule has 0 amide bonds.